The molecule has 5 nitrogen and oxygen atoms in total. The predicted molar refractivity (Wildman–Crippen MR) is 104 cm³/mol. The number of rotatable bonds is 8. The summed E-state index contributed by atoms with van der Waals surface area (Å²) in [5.41, 5.74) is -0.208. The third kappa shape index (κ3) is 4.31. The predicted octanol–water partition coefficient (Wildman–Crippen LogP) is 3.51. The molecule has 160 valence electrons. The SMILES string of the molecule is CCOCCCC1C(C(=O)C2C(=O)C3CCC(C3)C2=O)=CC=C(C(F)(F)Cl)N1C. The Hall–Kier alpha value is -1.60. The highest BCUT2D eigenvalue weighted by Gasteiger charge is 2.51. The van der Waals surface area contributed by atoms with Gasteiger partial charge in [-0.1, -0.05) is 6.08 Å². The molecule has 8 heteroatoms. The first-order valence-electron chi connectivity index (χ1n) is 10.1. The number of allylic oxidation sites excluding steroid dienone is 3. The van der Waals surface area contributed by atoms with Crippen LogP contribution >= 0.6 is 11.6 Å². The van der Waals surface area contributed by atoms with Crippen LogP contribution < -0.4 is 0 Å². The van der Waals surface area contributed by atoms with E-state index in [4.69, 9.17) is 16.3 Å². The topological polar surface area (TPSA) is 63.7 Å². The van der Waals surface area contributed by atoms with Crippen molar-refractivity contribution >= 4 is 29.0 Å². The van der Waals surface area contributed by atoms with Crippen LogP contribution in [0.15, 0.2) is 23.4 Å². The number of hydrogen-bond acceptors (Lipinski definition) is 5. The molecule has 2 saturated carbocycles. The van der Waals surface area contributed by atoms with Gasteiger partial charge in [-0.15, -0.1) is 0 Å². The Balaban J connectivity index is 1.89. The highest BCUT2D eigenvalue weighted by Crippen LogP contribution is 2.43. The zero-order valence-corrected chi connectivity index (χ0v) is 17.4. The van der Waals surface area contributed by atoms with Gasteiger partial charge in [0, 0.05) is 37.7 Å². The van der Waals surface area contributed by atoms with E-state index >= 15 is 0 Å². The van der Waals surface area contributed by atoms with Crippen LogP contribution in [-0.4, -0.2) is 53.9 Å². The van der Waals surface area contributed by atoms with Gasteiger partial charge in [-0.2, -0.15) is 8.78 Å². The Morgan fingerprint density at radius 2 is 1.86 bits per heavy atom. The summed E-state index contributed by atoms with van der Waals surface area (Å²) >= 11 is 5.23. The van der Waals surface area contributed by atoms with Crippen molar-refractivity contribution in [3.63, 3.8) is 0 Å². The Morgan fingerprint density at radius 1 is 1.24 bits per heavy atom. The summed E-state index contributed by atoms with van der Waals surface area (Å²) in [7, 11) is 1.45. The second kappa shape index (κ2) is 8.64. The van der Waals surface area contributed by atoms with Crippen LogP contribution in [0.3, 0.4) is 0 Å². The van der Waals surface area contributed by atoms with Gasteiger partial charge in [0.05, 0.1) is 6.04 Å². The zero-order valence-electron chi connectivity index (χ0n) is 16.6. The first-order chi connectivity index (χ1) is 13.7. The van der Waals surface area contributed by atoms with Crippen LogP contribution in [0.5, 0.6) is 0 Å². The number of alkyl halides is 3. The van der Waals surface area contributed by atoms with E-state index in [1.54, 1.807) is 0 Å². The summed E-state index contributed by atoms with van der Waals surface area (Å²) in [4.78, 5) is 40.0. The van der Waals surface area contributed by atoms with Crippen LogP contribution in [0.1, 0.15) is 39.0 Å². The van der Waals surface area contributed by atoms with Crippen molar-refractivity contribution in [3.05, 3.63) is 23.4 Å². The number of hydrogen-bond donors (Lipinski definition) is 0. The molecule has 0 radical (unpaired) electrons. The molecule has 29 heavy (non-hydrogen) atoms. The highest BCUT2D eigenvalue weighted by molar-refractivity contribution is 6.27. The maximum Gasteiger partial charge on any atom is 0.362 e. The molecule has 3 atom stereocenters. The second-order valence-corrected chi connectivity index (χ2v) is 8.42. The molecular formula is C21H26ClF2NO4. The van der Waals surface area contributed by atoms with Gasteiger partial charge < -0.3 is 9.64 Å². The Kier molecular flexibility index (Phi) is 6.58. The van der Waals surface area contributed by atoms with E-state index < -0.39 is 28.8 Å². The van der Waals surface area contributed by atoms with Crippen LogP contribution in [0.2, 0.25) is 0 Å². The van der Waals surface area contributed by atoms with Crippen LogP contribution in [0.25, 0.3) is 0 Å². The lowest BCUT2D eigenvalue weighted by molar-refractivity contribution is -0.144. The molecule has 0 amide bonds. The molecule has 3 aliphatic rings. The van der Waals surface area contributed by atoms with Gasteiger partial charge in [-0.25, -0.2) is 0 Å². The number of ether oxygens (including phenoxy) is 1. The van der Waals surface area contributed by atoms with Gasteiger partial charge in [-0.3, -0.25) is 14.4 Å². The first-order valence-corrected chi connectivity index (χ1v) is 10.5. The molecule has 0 N–H and O–H groups in total. The standard InChI is InChI=1S/C21H26ClF2NO4/c1-3-29-10-4-5-15-14(8-9-16(25(15)2)21(22,23)24)20(28)17-18(26)12-6-7-13(11-12)19(17)27/h8-9,12-13,15,17H,3-7,10-11H2,1-2H3. The van der Waals surface area contributed by atoms with Gasteiger partial charge in [0.25, 0.3) is 0 Å². The fraction of sp³-hybridized carbons (Fsp3) is 0.667. The molecule has 2 fully saturated rings. The van der Waals surface area contributed by atoms with E-state index in [1.165, 1.54) is 18.0 Å². The Labute approximate surface area is 174 Å². The fourth-order valence-electron chi connectivity index (χ4n) is 4.72. The lowest BCUT2D eigenvalue weighted by atomic mass is 9.73. The Morgan fingerprint density at radius 3 is 2.41 bits per heavy atom. The minimum Gasteiger partial charge on any atom is -0.382 e. The lowest BCUT2D eigenvalue weighted by Crippen LogP contribution is -2.47. The molecular weight excluding hydrogens is 404 g/mol. The van der Waals surface area contributed by atoms with E-state index in [9.17, 15) is 23.2 Å². The van der Waals surface area contributed by atoms with Crippen molar-refractivity contribution in [1.82, 2.24) is 4.90 Å². The molecule has 2 aliphatic carbocycles. The number of carbonyl (C=O) groups is 3. The third-order valence-electron chi connectivity index (χ3n) is 6.24. The molecule has 3 unspecified atom stereocenters. The molecule has 1 heterocycles. The zero-order chi connectivity index (χ0) is 21.3. The van der Waals surface area contributed by atoms with Crippen molar-refractivity contribution in [2.45, 2.75) is 50.5 Å². The van der Waals surface area contributed by atoms with E-state index in [0.717, 1.165) is 6.08 Å². The van der Waals surface area contributed by atoms with Gasteiger partial charge >= 0.3 is 5.38 Å². The van der Waals surface area contributed by atoms with Gasteiger partial charge in [0.1, 0.15) is 11.6 Å². The second-order valence-electron chi connectivity index (χ2n) is 7.95. The minimum atomic E-state index is -3.59. The Bertz CT molecular complexity index is 736. The van der Waals surface area contributed by atoms with Gasteiger partial charge in [0.2, 0.25) is 0 Å². The van der Waals surface area contributed by atoms with E-state index in [2.05, 4.69) is 0 Å². The molecule has 0 spiro atoms. The number of fused-ring (bicyclic) bond motifs is 2. The number of halogens is 3. The number of ketones is 3. The molecule has 0 aromatic carbocycles. The van der Waals surface area contributed by atoms with Crippen LogP contribution in [-0.2, 0) is 19.1 Å². The average molecular weight is 430 g/mol. The third-order valence-corrected chi connectivity index (χ3v) is 6.43. The largest absolute Gasteiger partial charge is 0.382 e. The molecule has 2 bridgehead atoms. The van der Waals surface area contributed by atoms with Crippen molar-refractivity contribution in [3.8, 4) is 0 Å². The summed E-state index contributed by atoms with van der Waals surface area (Å²) in [6, 6.07) is -0.701. The fourth-order valence-corrected chi connectivity index (χ4v) is 4.92. The first kappa shape index (κ1) is 22.1. The lowest BCUT2D eigenvalue weighted by Gasteiger charge is -2.38. The van der Waals surface area contributed by atoms with Crippen LogP contribution in [0.4, 0.5) is 8.78 Å². The summed E-state index contributed by atoms with van der Waals surface area (Å²) < 4.78 is 32.9. The van der Waals surface area contributed by atoms with Crippen LogP contribution in [0, 0.1) is 17.8 Å². The number of carbonyl (C=O) groups excluding carboxylic acids is 3. The highest BCUT2D eigenvalue weighted by atomic mass is 35.5. The number of Topliss-reactive ketones (excluding diaryl/α,β-unsaturated/α-hetero) is 3. The maximum atomic E-state index is 13.8. The van der Waals surface area contributed by atoms with E-state index in [0.29, 0.717) is 45.3 Å². The van der Waals surface area contributed by atoms with Crippen molar-refractivity contribution in [2.24, 2.45) is 17.8 Å². The van der Waals surface area contributed by atoms with Gasteiger partial charge in [0.15, 0.2) is 17.3 Å². The quantitative estimate of drug-likeness (QED) is 0.335. The van der Waals surface area contributed by atoms with E-state index in [-0.39, 0.29) is 29.0 Å². The van der Waals surface area contributed by atoms with Crippen molar-refractivity contribution < 1.29 is 27.9 Å². The monoisotopic (exact) mass is 429 g/mol. The minimum absolute atomic E-state index is 0.210. The smallest absolute Gasteiger partial charge is 0.362 e. The van der Waals surface area contributed by atoms with E-state index in [1.807, 2.05) is 6.92 Å². The maximum absolute atomic E-state index is 13.8. The summed E-state index contributed by atoms with van der Waals surface area (Å²) in [6.45, 7) is 2.80. The molecule has 1 aliphatic heterocycles. The average Bonchev–Trinajstić information content (AvgIpc) is 3.10. The summed E-state index contributed by atoms with van der Waals surface area (Å²) in [5, 5.41) is -3.59. The normalized spacial score (nSPS) is 29.8. The summed E-state index contributed by atoms with van der Waals surface area (Å²) in [6.07, 6.45) is 5.10. The van der Waals surface area contributed by atoms with Crippen molar-refractivity contribution in [2.75, 3.05) is 20.3 Å². The van der Waals surface area contributed by atoms with Crippen molar-refractivity contribution in [1.29, 1.82) is 0 Å². The number of nitrogens with zero attached hydrogens (tertiary/aromatic N) is 1. The molecule has 0 saturated heterocycles. The molecule has 3 rings (SSSR count). The summed E-state index contributed by atoms with van der Waals surface area (Å²) in [5.74, 6) is -2.99. The molecule has 0 aromatic rings. The molecule has 0 aromatic heterocycles. The van der Waals surface area contributed by atoms with Gasteiger partial charge in [-0.05, 0) is 56.7 Å². The number of likely N-dealkylation sites (N-methyl/N-ethyl adjacent to an activating group) is 1.